The van der Waals surface area contributed by atoms with Crippen LogP contribution in [0.4, 0.5) is 0 Å². The van der Waals surface area contributed by atoms with Crippen molar-refractivity contribution in [2.75, 3.05) is 13.1 Å². The molecule has 1 amide bonds. The molecule has 4 heterocycles. The van der Waals surface area contributed by atoms with Gasteiger partial charge in [0.1, 0.15) is 5.82 Å². The van der Waals surface area contributed by atoms with Crippen LogP contribution >= 0.6 is 0 Å². The lowest BCUT2D eigenvalue weighted by Gasteiger charge is -2.29. The maximum Gasteiger partial charge on any atom is 0.255 e. The zero-order chi connectivity index (χ0) is 19.1. The number of hydrogen-bond acceptors (Lipinski definition) is 5. The Kier molecular flexibility index (Phi) is 4.47. The van der Waals surface area contributed by atoms with E-state index >= 15 is 0 Å². The van der Waals surface area contributed by atoms with E-state index < -0.39 is 0 Å². The Balaban J connectivity index is 1.36. The molecule has 146 valence electrons. The third-order valence-electron chi connectivity index (χ3n) is 6.07. The van der Waals surface area contributed by atoms with Crippen molar-refractivity contribution in [1.82, 2.24) is 24.8 Å². The maximum atomic E-state index is 12.8. The zero-order valence-corrected chi connectivity index (χ0v) is 15.9. The number of carbonyl (C=O) groups is 1. The highest BCUT2D eigenvalue weighted by Crippen LogP contribution is 2.37. The van der Waals surface area contributed by atoms with E-state index in [0.29, 0.717) is 12.4 Å². The molecule has 1 atom stereocenters. The summed E-state index contributed by atoms with van der Waals surface area (Å²) >= 11 is 0. The Bertz CT molecular complexity index is 938. The maximum absolute atomic E-state index is 12.8. The lowest BCUT2D eigenvalue weighted by atomic mass is 10.1. The van der Waals surface area contributed by atoms with Crippen molar-refractivity contribution in [3.8, 4) is 0 Å². The normalized spacial score (nSPS) is 22.3. The molecule has 7 nitrogen and oxygen atoms in total. The minimum atomic E-state index is -0.0699. The molecule has 2 aromatic rings. The number of fused-ring (bicyclic) bond motifs is 1. The second-order valence-electron chi connectivity index (χ2n) is 8.16. The lowest BCUT2D eigenvalue weighted by Crippen LogP contribution is -2.38. The number of hydrogen-bond donors (Lipinski definition) is 1. The molecule has 0 aromatic carbocycles. The molecule has 28 heavy (non-hydrogen) atoms. The van der Waals surface area contributed by atoms with Crippen LogP contribution in [0.1, 0.15) is 54.4 Å². The Morgan fingerprint density at radius 3 is 2.93 bits per heavy atom. The Morgan fingerprint density at radius 2 is 2.14 bits per heavy atom. The molecule has 0 spiro atoms. The van der Waals surface area contributed by atoms with Gasteiger partial charge in [0, 0.05) is 50.9 Å². The van der Waals surface area contributed by atoms with Gasteiger partial charge in [0.2, 0.25) is 5.91 Å². The number of aromatic amines is 1. The number of aromatic nitrogens is 3. The van der Waals surface area contributed by atoms with Gasteiger partial charge in [-0.05, 0) is 37.3 Å². The topological polar surface area (TPSA) is 82.2 Å². The number of likely N-dealkylation sites (tertiary alicyclic amines) is 1. The SMILES string of the molecule is O=C(C1CC1)N1CCC[C@H]1c1nc2c(c(=O)[nH]1)CN(Cc1cccnc1)CC2. The highest BCUT2D eigenvalue weighted by Gasteiger charge is 2.40. The van der Waals surface area contributed by atoms with Crippen molar-refractivity contribution in [3.63, 3.8) is 0 Å². The molecule has 2 aromatic heterocycles. The average Bonchev–Trinajstić information content (AvgIpc) is 3.45. The highest BCUT2D eigenvalue weighted by molar-refractivity contribution is 5.81. The highest BCUT2D eigenvalue weighted by atomic mass is 16.2. The summed E-state index contributed by atoms with van der Waals surface area (Å²) in [6.07, 6.45) is 8.26. The van der Waals surface area contributed by atoms with Gasteiger partial charge >= 0.3 is 0 Å². The molecule has 1 saturated carbocycles. The predicted octanol–water partition coefficient (Wildman–Crippen LogP) is 1.80. The summed E-state index contributed by atoms with van der Waals surface area (Å²) < 4.78 is 0. The molecule has 2 fully saturated rings. The number of nitrogens with one attached hydrogen (secondary N) is 1. The van der Waals surface area contributed by atoms with Crippen molar-refractivity contribution < 1.29 is 4.79 Å². The summed E-state index contributed by atoms with van der Waals surface area (Å²) in [4.78, 5) is 41.6. The zero-order valence-electron chi connectivity index (χ0n) is 15.9. The largest absolute Gasteiger partial charge is 0.332 e. The van der Waals surface area contributed by atoms with Crippen LogP contribution in [-0.4, -0.2) is 43.7 Å². The second-order valence-corrected chi connectivity index (χ2v) is 8.16. The Morgan fingerprint density at radius 1 is 1.25 bits per heavy atom. The van der Waals surface area contributed by atoms with Crippen molar-refractivity contribution in [1.29, 1.82) is 0 Å². The summed E-state index contributed by atoms with van der Waals surface area (Å²) in [6, 6.07) is 3.92. The van der Waals surface area contributed by atoms with E-state index in [0.717, 1.165) is 68.6 Å². The number of nitrogens with zero attached hydrogens (tertiary/aromatic N) is 4. The predicted molar refractivity (Wildman–Crippen MR) is 103 cm³/mol. The van der Waals surface area contributed by atoms with E-state index in [2.05, 4.69) is 20.9 Å². The summed E-state index contributed by atoms with van der Waals surface area (Å²) in [7, 11) is 0. The third kappa shape index (κ3) is 3.35. The fraction of sp³-hybridized carbons (Fsp3) is 0.524. The number of H-pyrrole nitrogens is 1. The van der Waals surface area contributed by atoms with E-state index in [1.165, 1.54) is 0 Å². The standard InChI is InChI=1S/C21H25N5O2/c27-20-16-13-25(12-14-3-1-8-22-11-14)10-7-17(16)23-19(24-20)18-4-2-9-26(18)21(28)15-5-6-15/h1,3,8,11,15,18H,2,4-7,9-10,12-13H2,(H,23,24,27)/t18-/m0/s1. The van der Waals surface area contributed by atoms with Gasteiger partial charge in [-0.1, -0.05) is 6.07 Å². The first-order chi connectivity index (χ1) is 13.7. The molecule has 2 aliphatic heterocycles. The summed E-state index contributed by atoms with van der Waals surface area (Å²) in [5, 5.41) is 0. The first-order valence-electron chi connectivity index (χ1n) is 10.2. The number of rotatable bonds is 4. The monoisotopic (exact) mass is 379 g/mol. The van der Waals surface area contributed by atoms with E-state index in [1.54, 1.807) is 6.20 Å². The van der Waals surface area contributed by atoms with Crippen LogP contribution in [0.2, 0.25) is 0 Å². The molecule has 1 N–H and O–H groups in total. The van der Waals surface area contributed by atoms with E-state index in [9.17, 15) is 9.59 Å². The quantitative estimate of drug-likeness (QED) is 0.876. The van der Waals surface area contributed by atoms with Crippen molar-refractivity contribution in [2.24, 2.45) is 5.92 Å². The number of carbonyl (C=O) groups excluding carboxylic acids is 1. The Hall–Kier alpha value is -2.54. The molecule has 3 aliphatic rings. The minimum Gasteiger partial charge on any atom is -0.332 e. The van der Waals surface area contributed by atoms with Crippen LogP contribution in [0.15, 0.2) is 29.3 Å². The van der Waals surface area contributed by atoms with Crippen LogP contribution in [0.5, 0.6) is 0 Å². The van der Waals surface area contributed by atoms with Crippen LogP contribution in [0, 0.1) is 5.92 Å². The van der Waals surface area contributed by atoms with Gasteiger partial charge in [-0.25, -0.2) is 4.98 Å². The molecule has 0 radical (unpaired) electrons. The molecule has 5 rings (SSSR count). The number of pyridine rings is 1. The molecule has 0 unspecified atom stereocenters. The smallest absolute Gasteiger partial charge is 0.255 e. The third-order valence-corrected chi connectivity index (χ3v) is 6.07. The van der Waals surface area contributed by atoms with Crippen LogP contribution in [0.25, 0.3) is 0 Å². The van der Waals surface area contributed by atoms with Gasteiger partial charge in [-0.15, -0.1) is 0 Å². The van der Waals surface area contributed by atoms with Crippen molar-refractivity contribution in [3.05, 3.63) is 57.5 Å². The lowest BCUT2D eigenvalue weighted by molar-refractivity contribution is -0.133. The Labute approximate surface area is 163 Å². The van der Waals surface area contributed by atoms with Gasteiger partial charge in [-0.2, -0.15) is 0 Å². The van der Waals surface area contributed by atoms with Crippen molar-refractivity contribution in [2.45, 2.75) is 51.2 Å². The van der Waals surface area contributed by atoms with E-state index in [4.69, 9.17) is 4.98 Å². The molecule has 1 saturated heterocycles. The number of amides is 1. The van der Waals surface area contributed by atoms with Gasteiger partial charge in [0.15, 0.2) is 0 Å². The molecule has 1 aliphatic carbocycles. The van der Waals surface area contributed by atoms with Gasteiger partial charge < -0.3 is 9.88 Å². The first kappa shape index (κ1) is 17.6. The van der Waals surface area contributed by atoms with Gasteiger partial charge in [-0.3, -0.25) is 19.5 Å². The van der Waals surface area contributed by atoms with Crippen LogP contribution in [0.3, 0.4) is 0 Å². The first-order valence-corrected chi connectivity index (χ1v) is 10.2. The summed E-state index contributed by atoms with van der Waals surface area (Å²) in [5.41, 5.74) is 2.75. The van der Waals surface area contributed by atoms with Gasteiger partial charge in [0.05, 0.1) is 17.3 Å². The second kappa shape index (κ2) is 7.13. The molecular formula is C21H25N5O2. The summed E-state index contributed by atoms with van der Waals surface area (Å²) in [6.45, 7) is 3.02. The van der Waals surface area contributed by atoms with Gasteiger partial charge in [0.25, 0.3) is 5.56 Å². The fourth-order valence-electron chi connectivity index (χ4n) is 4.42. The molecular weight excluding hydrogens is 354 g/mol. The van der Waals surface area contributed by atoms with Crippen LogP contribution in [-0.2, 0) is 24.3 Å². The average molecular weight is 379 g/mol. The molecule has 0 bridgehead atoms. The summed E-state index contributed by atoms with van der Waals surface area (Å²) in [5.74, 6) is 1.12. The van der Waals surface area contributed by atoms with E-state index in [-0.39, 0.29) is 23.4 Å². The van der Waals surface area contributed by atoms with Crippen molar-refractivity contribution >= 4 is 5.91 Å². The minimum absolute atomic E-state index is 0.0541. The fourth-order valence-corrected chi connectivity index (χ4v) is 4.42. The van der Waals surface area contributed by atoms with E-state index in [1.807, 2.05) is 17.2 Å². The molecule has 7 heteroatoms. The van der Waals surface area contributed by atoms with Crippen LogP contribution < -0.4 is 5.56 Å².